The molecule has 0 saturated heterocycles. The Morgan fingerprint density at radius 2 is 2.14 bits per heavy atom. The van der Waals surface area contributed by atoms with E-state index in [1.165, 1.54) is 16.9 Å². The molecule has 9 heteroatoms. The van der Waals surface area contributed by atoms with Crippen molar-refractivity contribution in [3.8, 4) is 5.75 Å². The number of nitrogens with zero attached hydrogens (tertiary/aromatic N) is 1. The van der Waals surface area contributed by atoms with Crippen molar-refractivity contribution in [1.82, 2.24) is 4.98 Å². The number of Topliss-reactive ketones (excluding diaryl/α,β-unsaturated/α-hetero) is 1. The number of nitrogens with one attached hydrogen (secondary N) is 1. The quantitative estimate of drug-likeness (QED) is 0.257. The third-order valence-corrected chi connectivity index (χ3v) is 10.7. The Kier molecular flexibility index (Phi) is 6.64. The summed E-state index contributed by atoms with van der Waals surface area (Å²) in [4.78, 5) is 31.5. The number of aromatic nitrogens is 1. The van der Waals surface area contributed by atoms with Crippen molar-refractivity contribution in [3.63, 3.8) is 0 Å². The van der Waals surface area contributed by atoms with E-state index in [0.717, 1.165) is 46.9 Å². The van der Waals surface area contributed by atoms with Crippen molar-refractivity contribution < 1.29 is 19.8 Å². The second-order valence-electron chi connectivity index (χ2n) is 10.3. The van der Waals surface area contributed by atoms with Crippen LogP contribution in [0.1, 0.15) is 60.9 Å². The third-order valence-electron chi connectivity index (χ3n) is 8.45. The van der Waals surface area contributed by atoms with Gasteiger partial charge in [0.2, 0.25) is 5.91 Å². The summed E-state index contributed by atoms with van der Waals surface area (Å²) in [7, 11) is 0. The number of aromatic hydroxyl groups is 1. The molecule has 1 aromatic heterocycles. The van der Waals surface area contributed by atoms with Gasteiger partial charge >= 0.3 is 0 Å². The number of hydrogen-bond acceptors (Lipinski definition) is 6. The minimum absolute atomic E-state index is 0.0308. The lowest BCUT2D eigenvalue weighted by Crippen LogP contribution is -2.44. The van der Waals surface area contributed by atoms with Crippen LogP contribution in [0.15, 0.2) is 33.0 Å². The number of allylic oxidation sites excluding steroid dienone is 1. The molecule has 2 fully saturated rings. The number of rotatable bonds is 4. The summed E-state index contributed by atoms with van der Waals surface area (Å²) in [5.74, 6) is 0.557. The first-order chi connectivity index (χ1) is 16.7. The van der Waals surface area contributed by atoms with Gasteiger partial charge in [0.15, 0.2) is 10.9 Å². The fourth-order valence-corrected chi connectivity index (χ4v) is 8.99. The number of benzene rings is 1. The van der Waals surface area contributed by atoms with Gasteiger partial charge in [-0.05, 0) is 112 Å². The van der Waals surface area contributed by atoms with Crippen LogP contribution in [0, 0.1) is 30.1 Å². The Morgan fingerprint density at radius 3 is 2.83 bits per heavy atom. The molecule has 6 nitrogen and oxygen atoms in total. The summed E-state index contributed by atoms with van der Waals surface area (Å²) >= 11 is 8.52. The lowest BCUT2D eigenvalue weighted by molar-refractivity contribution is -0.127. The first-order valence-corrected chi connectivity index (χ1v) is 14.4. The molecule has 1 amide bonds. The standard InChI is InChI=1S/C26H28Br2N2O4S/c1-12-10-29-25(35-12)30-20(32)6-5-15-18(11-31)24(34)26(2)8-7-13-14(21(15)26)3-4-16-17(13)9-19(27)23(33)22(16)28/h9-11,13-15,21,31,33H,3-8H2,1-2H3,(H,29,30,32)/b18-11-/t13?,14?,15-,21?,26+/m1/s1. The summed E-state index contributed by atoms with van der Waals surface area (Å²) in [6, 6.07) is 2.03. The van der Waals surface area contributed by atoms with Gasteiger partial charge in [-0.3, -0.25) is 9.59 Å². The molecule has 2 aromatic rings. The molecule has 3 N–H and O–H groups in total. The largest absolute Gasteiger partial charge is 0.515 e. The molecule has 3 aliphatic rings. The highest BCUT2D eigenvalue weighted by Crippen LogP contribution is 2.64. The van der Waals surface area contributed by atoms with Gasteiger partial charge in [0, 0.05) is 28.5 Å². The number of phenolic OH excluding ortho intramolecular Hbond substituents is 1. The van der Waals surface area contributed by atoms with E-state index in [0.29, 0.717) is 21.6 Å². The average Bonchev–Trinajstić information content (AvgIpc) is 3.33. The predicted octanol–water partition coefficient (Wildman–Crippen LogP) is 6.80. The number of amides is 1. The lowest BCUT2D eigenvalue weighted by Gasteiger charge is -2.49. The topological polar surface area (TPSA) is 99.5 Å². The fraction of sp³-hybridized carbons (Fsp3) is 0.500. The zero-order chi connectivity index (χ0) is 25.1. The van der Waals surface area contributed by atoms with Gasteiger partial charge in [-0.25, -0.2) is 4.98 Å². The van der Waals surface area contributed by atoms with Crippen molar-refractivity contribution in [1.29, 1.82) is 0 Å². The van der Waals surface area contributed by atoms with Crippen LogP contribution < -0.4 is 5.32 Å². The van der Waals surface area contributed by atoms with Crippen molar-refractivity contribution in [2.24, 2.45) is 23.2 Å². The summed E-state index contributed by atoms with van der Waals surface area (Å²) in [5.41, 5.74) is 2.30. The highest BCUT2D eigenvalue weighted by molar-refractivity contribution is 9.11. The van der Waals surface area contributed by atoms with Crippen molar-refractivity contribution in [2.75, 3.05) is 5.32 Å². The number of aliphatic hydroxyl groups excluding tert-OH is 1. The Bertz CT molecular complexity index is 1240. The van der Waals surface area contributed by atoms with E-state index in [1.807, 2.05) is 13.0 Å². The van der Waals surface area contributed by atoms with E-state index in [9.17, 15) is 19.8 Å². The lowest BCUT2D eigenvalue weighted by atomic mass is 9.54. The SMILES string of the molecule is Cc1cnc(NC(=O)CC[C@@H]2/C(=C/O)C(=O)[C@@]3(C)CCC4c5cc(Br)c(O)c(Br)c5CCC4C23)s1. The van der Waals surface area contributed by atoms with Crippen LogP contribution in [0.3, 0.4) is 0 Å². The Labute approximate surface area is 225 Å². The van der Waals surface area contributed by atoms with Crippen molar-refractivity contribution >= 4 is 60.0 Å². The highest BCUT2D eigenvalue weighted by Gasteiger charge is 2.60. The van der Waals surface area contributed by atoms with Gasteiger partial charge in [0.1, 0.15) is 5.75 Å². The second kappa shape index (κ2) is 9.30. The van der Waals surface area contributed by atoms with E-state index in [-0.39, 0.29) is 47.5 Å². The van der Waals surface area contributed by atoms with Gasteiger partial charge in [-0.2, -0.15) is 0 Å². The van der Waals surface area contributed by atoms with Crippen LogP contribution in [0.4, 0.5) is 5.13 Å². The molecule has 5 rings (SSSR count). The number of aryl methyl sites for hydroxylation is 1. The summed E-state index contributed by atoms with van der Waals surface area (Å²) in [6.45, 7) is 3.99. The monoisotopic (exact) mass is 622 g/mol. The molecule has 186 valence electrons. The minimum atomic E-state index is -0.536. The van der Waals surface area contributed by atoms with E-state index < -0.39 is 5.41 Å². The first kappa shape index (κ1) is 25.0. The van der Waals surface area contributed by atoms with E-state index >= 15 is 0 Å². The highest BCUT2D eigenvalue weighted by atomic mass is 79.9. The predicted molar refractivity (Wildman–Crippen MR) is 143 cm³/mol. The van der Waals surface area contributed by atoms with E-state index in [1.54, 1.807) is 6.20 Å². The zero-order valence-corrected chi connectivity index (χ0v) is 23.6. The molecule has 3 aliphatic carbocycles. The molecule has 1 heterocycles. The number of hydrogen-bond donors (Lipinski definition) is 3. The Balaban J connectivity index is 1.44. The van der Waals surface area contributed by atoms with Crippen LogP contribution in [0.5, 0.6) is 5.75 Å². The van der Waals surface area contributed by atoms with Crippen LogP contribution in [-0.2, 0) is 16.0 Å². The van der Waals surface area contributed by atoms with Crippen molar-refractivity contribution in [2.45, 2.75) is 58.3 Å². The van der Waals surface area contributed by atoms with Crippen molar-refractivity contribution in [3.05, 3.63) is 49.0 Å². The summed E-state index contributed by atoms with van der Waals surface area (Å²) < 4.78 is 1.42. The number of ketones is 1. The van der Waals surface area contributed by atoms with Gasteiger partial charge in [-0.1, -0.05) is 6.92 Å². The van der Waals surface area contributed by atoms with Crippen LogP contribution in [-0.4, -0.2) is 26.9 Å². The molecule has 2 saturated carbocycles. The van der Waals surface area contributed by atoms with Gasteiger partial charge in [0.25, 0.3) is 0 Å². The maximum atomic E-state index is 13.5. The molecule has 0 bridgehead atoms. The maximum Gasteiger partial charge on any atom is 0.226 e. The number of carbonyl (C=O) groups is 2. The Hall–Kier alpha value is -1.71. The van der Waals surface area contributed by atoms with Gasteiger partial charge < -0.3 is 15.5 Å². The van der Waals surface area contributed by atoms with E-state index in [4.69, 9.17) is 0 Å². The first-order valence-electron chi connectivity index (χ1n) is 12.0. The number of anilines is 1. The number of phenols is 1. The number of fused-ring (bicyclic) bond motifs is 5. The number of aliphatic hydroxyl groups is 1. The number of thiazole rings is 1. The van der Waals surface area contributed by atoms with Gasteiger partial charge in [0.05, 0.1) is 15.2 Å². The summed E-state index contributed by atoms with van der Waals surface area (Å²) in [6.07, 6.45) is 6.84. The van der Waals surface area contributed by atoms with Crippen LogP contribution in [0.2, 0.25) is 0 Å². The normalized spacial score (nSPS) is 30.6. The molecule has 0 spiro atoms. The third kappa shape index (κ3) is 4.07. The number of halogens is 2. The van der Waals surface area contributed by atoms with Crippen LogP contribution in [0.25, 0.3) is 0 Å². The molecule has 0 aliphatic heterocycles. The molecule has 3 unspecified atom stereocenters. The molecular weight excluding hydrogens is 596 g/mol. The minimum Gasteiger partial charge on any atom is -0.515 e. The maximum absolute atomic E-state index is 13.5. The average molecular weight is 624 g/mol. The number of carbonyl (C=O) groups excluding carboxylic acids is 2. The smallest absolute Gasteiger partial charge is 0.226 e. The molecule has 5 atom stereocenters. The van der Waals surface area contributed by atoms with Crippen LogP contribution >= 0.6 is 43.2 Å². The molecular formula is C26H28Br2N2O4S. The van der Waals surface area contributed by atoms with Gasteiger partial charge in [-0.15, -0.1) is 11.3 Å². The summed E-state index contributed by atoms with van der Waals surface area (Å²) in [5, 5.41) is 24.0. The van der Waals surface area contributed by atoms with E-state index in [2.05, 4.69) is 49.1 Å². The molecule has 35 heavy (non-hydrogen) atoms. The second-order valence-corrected chi connectivity index (χ2v) is 13.1. The fourth-order valence-electron chi connectivity index (χ4n) is 6.96. The molecule has 1 aromatic carbocycles. The Morgan fingerprint density at radius 1 is 1.37 bits per heavy atom. The zero-order valence-electron chi connectivity index (χ0n) is 19.6. The molecule has 0 radical (unpaired) electrons.